The molecule has 1 N–H and O–H groups in total. The molecule has 0 atom stereocenters. The Labute approximate surface area is 115 Å². The minimum absolute atomic E-state index is 0. The van der Waals surface area contributed by atoms with E-state index in [-0.39, 0.29) is 18.4 Å². The number of rotatable bonds is 7. The van der Waals surface area contributed by atoms with E-state index in [2.05, 4.69) is 19.2 Å². The van der Waals surface area contributed by atoms with Crippen LogP contribution in [0.25, 0.3) is 0 Å². The van der Waals surface area contributed by atoms with Crippen molar-refractivity contribution in [3.05, 3.63) is 35.9 Å². The van der Waals surface area contributed by atoms with Gasteiger partial charge in [0.1, 0.15) is 6.61 Å². The molecule has 0 aliphatic heterocycles. The van der Waals surface area contributed by atoms with Crippen molar-refractivity contribution >= 4 is 18.4 Å². The van der Waals surface area contributed by atoms with Crippen LogP contribution in [0.2, 0.25) is 0 Å². The maximum absolute atomic E-state index is 11.4. The number of hydrogen-bond acceptors (Lipinski definition) is 3. The van der Waals surface area contributed by atoms with Crippen LogP contribution in [0.4, 0.5) is 0 Å². The zero-order valence-electron chi connectivity index (χ0n) is 11.0. The molecule has 3 nitrogen and oxygen atoms in total. The smallest absolute Gasteiger partial charge is 0.307 e. The minimum atomic E-state index is -0.148. The van der Waals surface area contributed by atoms with Gasteiger partial charge in [-0.15, -0.1) is 12.4 Å². The van der Waals surface area contributed by atoms with Gasteiger partial charge in [-0.05, 0) is 18.0 Å². The molecular formula is C14H22ClNO2. The van der Waals surface area contributed by atoms with Crippen molar-refractivity contribution < 1.29 is 9.53 Å². The summed E-state index contributed by atoms with van der Waals surface area (Å²) in [6, 6.07) is 9.72. The van der Waals surface area contributed by atoms with Gasteiger partial charge in [0.15, 0.2) is 0 Å². The fourth-order valence-corrected chi connectivity index (χ4v) is 1.39. The molecule has 0 saturated carbocycles. The van der Waals surface area contributed by atoms with E-state index in [1.807, 2.05) is 30.3 Å². The summed E-state index contributed by atoms with van der Waals surface area (Å²) in [6.07, 6.45) is 0.430. The maximum atomic E-state index is 11.4. The average molecular weight is 272 g/mol. The van der Waals surface area contributed by atoms with E-state index in [1.54, 1.807) is 0 Å². The summed E-state index contributed by atoms with van der Waals surface area (Å²) < 4.78 is 5.16. The summed E-state index contributed by atoms with van der Waals surface area (Å²) in [7, 11) is 0. The third-order valence-corrected chi connectivity index (χ3v) is 2.30. The predicted octanol–water partition coefficient (Wildman–Crippen LogP) is 2.79. The van der Waals surface area contributed by atoms with Crippen molar-refractivity contribution in [2.45, 2.75) is 26.9 Å². The van der Waals surface area contributed by atoms with Crippen LogP contribution in [0.5, 0.6) is 0 Å². The average Bonchev–Trinajstić information content (AvgIpc) is 2.33. The van der Waals surface area contributed by atoms with E-state index >= 15 is 0 Å². The fraction of sp³-hybridized carbons (Fsp3) is 0.500. The van der Waals surface area contributed by atoms with Crippen LogP contribution >= 0.6 is 12.4 Å². The van der Waals surface area contributed by atoms with Crippen LogP contribution in [-0.2, 0) is 16.1 Å². The number of ether oxygens (including phenoxy) is 1. The lowest BCUT2D eigenvalue weighted by molar-refractivity contribution is -0.144. The van der Waals surface area contributed by atoms with Gasteiger partial charge in [-0.3, -0.25) is 4.79 Å². The summed E-state index contributed by atoms with van der Waals surface area (Å²) in [5.74, 6) is 0.459. The van der Waals surface area contributed by atoms with Crippen LogP contribution in [-0.4, -0.2) is 19.1 Å². The minimum Gasteiger partial charge on any atom is -0.461 e. The largest absolute Gasteiger partial charge is 0.461 e. The molecule has 1 rings (SSSR count). The fourth-order valence-electron chi connectivity index (χ4n) is 1.39. The highest BCUT2D eigenvalue weighted by Gasteiger charge is 2.03. The lowest BCUT2D eigenvalue weighted by Crippen LogP contribution is -2.23. The number of nitrogens with one attached hydrogen (secondary N) is 1. The van der Waals surface area contributed by atoms with Crippen LogP contribution in [0.1, 0.15) is 25.8 Å². The second kappa shape index (κ2) is 9.92. The first-order valence-corrected chi connectivity index (χ1v) is 6.08. The number of carbonyl (C=O) groups is 1. The molecule has 0 bridgehead atoms. The van der Waals surface area contributed by atoms with E-state index in [0.717, 1.165) is 12.1 Å². The monoisotopic (exact) mass is 271 g/mol. The number of halogens is 1. The predicted molar refractivity (Wildman–Crippen MR) is 75.8 cm³/mol. The molecule has 4 heteroatoms. The zero-order chi connectivity index (χ0) is 12.5. The highest BCUT2D eigenvalue weighted by molar-refractivity contribution is 5.85. The maximum Gasteiger partial charge on any atom is 0.307 e. The van der Waals surface area contributed by atoms with Gasteiger partial charge >= 0.3 is 5.97 Å². The van der Waals surface area contributed by atoms with E-state index < -0.39 is 0 Å². The molecule has 1 aromatic rings. The number of carbonyl (C=O) groups excluding carboxylic acids is 1. The Bertz CT molecular complexity index is 328. The molecule has 0 unspecified atom stereocenters. The molecule has 0 heterocycles. The summed E-state index contributed by atoms with van der Waals surface area (Å²) in [6.45, 7) is 6.27. The van der Waals surface area contributed by atoms with Crippen LogP contribution in [0.15, 0.2) is 30.3 Å². The van der Waals surface area contributed by atoms with Gasteiger partial charge in [0.05, 0.1) is 6.42 Å². The first-order chi connectivity index (χ1) is 8.18. The van der Waals surface area contributed by atoms with Crippen molar-refractivity contribution in [1.29, 1.82) is 0 Å². The highest BCUT2D eigenvalue weighted by Crippen LogP contribution is 2.01. The van der Waals surface area contributed by atoms with Crippen LogP contribution in [0.3, 0.4) is 0 Å². The van der Waals surface area contributed by atoms with Crippen molar-refractivity contribution in [3.8, 4) is 0 Å². The van der Waals surface area contributed by atoms with E-state index in [1.165, 1.54) is 0 Å². The molecule has 1 aromatic carbocycles. The van der Waals surface area contributed by atoms with Gasteiger partial charge < -0.3 is 10.1 Å². The van der Waals surface area contributed by atoms with E-state index in [4.69, 9.17) is 4.74 Å². The summed E-state index contributed by atoms with van der Waals surface area (Å²) in [5.41, 5.74) is 1.02. The SMILES string of the molecule is CC(C)CNCCC(=O)OCc1ccccc1.Cl. The topological polar surface area (TPSA) is 38.3 Å². The summed E-state index contributed by atoms with van der Waals surface area (Å²) >= 11 is 0. The Morgan fingerprint density at radius 1 is 1.28 bits per heavy atom. The Hall–Kier alpha value is -1.06. The molecule has 0 aliphatic carbocycles. The van der Waals surface area contributed by atoms with Gasteiger partial charge in [-0.1, -0.05) is 44.2 Å². The number of hydrogen-bond donors (Lipinski definition) is 1. The first kappa shape index (κ1) is 16.9. The molecule has 0 amide bonds. The quantitative estimate of drug-likeness (QED) is 0.612. The van der Waals surface area contributed by atoms with Crippen molar-refractivity contribution in [1.82, 2.24) is 5.32 Å². The number of benzene rings is 1. The molecule has 0 fully saturated rings. The van der Waals surface area contributed by atoms with Gasteiger partial charge in [0.25, 0.3) is 0 Å². The molecule has 0 radical (unpaired) electrons. The van der Waals surface area contributed by atoms with Crippen LogP contribution < -0.4 is 5.32 Å². The van der Waals surface area contributed by atoms with Crippen molar-refractivity contribution in [3.63, 3.8) is 0 Å². The van der Waals surface area contributed by atoms with Gasteiger partial charge in [0, 0.05) is 6.54 Å². The van der Waals surface area contributed by atoms with E-state index in [9.17, 15) is 4.79 Å². The van der Waals surface area contributed by atoms with Crippen molar-refractivity contribution in [2.75, 3.05) is 13.1 Å². The molecular weight excluding hydrogens is 250 g/mol. The Morgan fingerprint density at radius 3 is 2.56 bits per heavy atom. The highest BCUT2D eigenvalue weighted by atomic mass is 35.5. The Morgan fingerprint density at radius 2 is 1.94 bits per heavy atom. The lowest BCUT2D eigenvalue weighted by atomic mass is 10.2. The zero-order valence-corrected chi connectivity index (χ0v) is 11.8. The standard InChI is InChI=1S/C14H21NO2.ClH/c1-12(2)10-15-9-8-14(16)17-11-13-6-4-3-5-7-13;/h3-7,12,15H,8-11H2,1-2H3;1H. The third kappa shape index (κ3) is 8.09. The Kier molecular flexibility index (Phi) is 9.33. The molecule has 0 saturated heterocycles. The second-order valence-corrected chi connectivity index (χ2v) is 4.49. The first-order valence-electron chi connectivity index (χ1n) is 6.08. The van der Waals surface area contributed by atoms with Gasteiger partial charge in [0.2, 0.25) is 0 Å². The normalized spacial score (nSPS) is 9.94. The number of esters is 1. The summed E-state index contributed by atoms with van der Waals surface area (Å²) in [4.78, 5) is 11.4. The van der Waals surface area contributed by atoms with Gasteiger partial charge in [-0.25, -0.2) is 0 Å². The molecule has 0 spiro atoms. The van der Waals surface area contributed by atoms with Crippen LogP contribution in [0, 0.1) is 5.92 Å². The van der Waals surface area contributed by atoms with Gasteiger partial charge in [-0.2, -0.15) is 0 Å². The third-order valence-electron chi connectivity index (χ3n) is 2.30. The second-order valence-electron chi connectivity index (χ2n) is 4.49. The summed E-state index contributed by atoms with van der Waals surface area (Å²) in [5, 5.41) is 3.21. The van der Waals surface area contributed by atoms with Crippen molar-refractivity contribution in [2.24, 2.45) is 5.92 Å². The molecule has 18 heavy (non-hydrogen) atoms. The lowest BCUT2D eigenvalue weighted by Gasteiger charge is -2.07. The van der Waals surface area contributed by atoms with E-state index in [0.29, 0.717) is 25.5 Å². The molecule has 0 aliphatic rings. The Balaban J connectivity index is 0.00000289. The molecule has 0 aromatic heterocycles. The molecule has 102 valence electrons.